The van der Waals surface area contributed by atoms with E-state index in [2.05, 4.69) is 11.1 Å². The first-order chi connectivity index (χ1) is 8.70. The molecule has 1 aromatic rings. The van der Waals surface area contributed by atoms with Crippen molar-refractivity contribution in [1.82, 2.24) is 9.88 Å². The van der Waals surface area contributed by atoms with Gasteiger partial charge >= 0.3 is 0 Å². The zero-order valence-electron chi connectivity index (χ0n) is 10.7. The van der Waals surface area contributed by atoms with Gasteiger partial charge in [-0.1, -0.05) is 0 Å². The van der Waals surface area contributed by atoms with Crippen molar-refractivity contribution in [1.29, 1.82) is 5.26 Å². The van der Waals surface area contributed by atoms with Crippen LogP contribution >= 0.6 is 0 Å². The van der Waals surface area contributed by atoms with Gasteiger partial charge in [-0.3, -0.25) is 4.79 Å². The molecular weight excluding hydrogens is 226 g/mol. The predicted molar refractivity (Wildman–Crippen MR) is 68.6 cm³/mol. The van der Waals surface area contributed by atoms with Crippen LogP contribution in [-0.2, 0) is 11.2 Å². The van der Waals surface area contributed by atoms with Gasteiger partial charge in [-0.2, -0.15) is 5.26 Å². The fourth-order valence-electron chi connectivity index (χ4n) is 2.56. The van der Waals surface area contributed by atoms with Crippen LogP contribution in [0.4, 0.5) is 0 Å². The molecule has 4 heteroatoms. The van der Waals surface area contributed by atoms with E-state index in [9.17, 15) is 4.79 Å². The first-order valence-electron chi connectivity index (χ1n) is 6.48. The third kappa shape index (κ3) is 2.92. The molecule has 1 amide bonds. The van der Waals surface area contributed by atoms with Crippen molar-refractivity contribution in [3.63, 3.8) is 0 Å². The Morgan fingerprint density at radius 2 is 2.22 bits per heavy atom. The highest BCUT2D eigenvalue weighted by Crippen LogP contribution is 2.26. The van der Waals surface area contributed by atoms with Gasteiger partial charge in [-0.05, 0) is 37.8 Å². The van der Waals surface area contributed by atoms with E-state index in [1.807, 2.05) is 30.3 Å². The van der Waals surface area contributed by atoms with Gasteiger partial charge in [0.2, 0.25) is 5.91 Å². The number of likely N-dealkylation sites (N-methyl/N-ethyl adjacent to an activating group) is 1. The minimum Gasteiger partial charge on any atom is -0.365 e. The number of rotatable bonds is 3. The average Bonchev–Trinajstić information content (AvgIpc) is 2.91. The first-order valence-corrected chi connectivity index (χ1v) is 6.48. The Balaban J connectivity index is 1.86. The SMILES string of the molecule is CN(C(=O)Cc1ccc[nH]1)C1CCC(C#N)CC1. The molecule has 0 spiro atoms. The fraction of sp³-hybridized carbons (Fsp3) is 0.571. The lowest BCUT2D eigenvalue weighted by Crippen LogP contribution is -2.40. The van der Waals surface area contributed by atoms with Crippen molar-refractivity contribution in [3.05, 3.63) is 24.0 Å². The molecule has 1 aliphatic rings. The van der Waals surface area contributed by atoms with Gasteiger partial charge in [0.05, 0.1) is 12.5 Å². The summed E-state index contributed by atoms with van der Waals surface area (Å²) in [6.45, 7) is 0. The van der Waals surface area contributed by atoms with E-state index in [-0.39, 0.29) is 11.8 Å². The number of nitrogens with zero attached hydrogens (tertiary/aromatic N) is 2. The zero-order valence-corrected chi connectivity index (χ0v) is 10.7. The van der Waals surface area contributed by atoms with E-state index in [1.165, 1.54) is 0 Å². The molecule has 1 aromatic heterocycles. The van der Waals surface area contributed by atoms with Crippen LogP contribution in [0.2, 0.25) is 0 Å². The van der Waals surface area contributed by atoms with Gasteiger partial charge in [0.1, 0.15) is 0 Å². The van der Waals surface area contributed by atoms with Crippen LogP contribution in [0.25, 0.3) is 0 Å². The Labute approximate surface area is 108 Å². The molecular formula is C14H19N3O. The van der Waals surface area contributed by atoms with Crippen LogP contribution in [0.3, 0.4) is 0 Å². The summed E-state index contributed by atoms with van der Waals surface area (Å²) in [5.74, 6) is 0.339. The molecule has 0 saturated heterocycles. The molecule has 1 N–H and O–H groups in total. The molecule has 0 atom stereocenters. The number of hydrogen-bond donors (Lipinski definition) is 1. The van der Waals surface area contributed by atoms with Crippen molar-refractivity contribution in [3.8, 4) is 6.07 Å². The zero-order chi connectivity index (χ0) is 13.0. The van der Waals surface area contributed by atoms with Gasteiger partial charge in [-0.25, -0.2) is 0 Å². The molecule has 1 fully saturated rings. The molecule has 96 valence electrons. The number of nitriles is 1. The second-order valence-electron chi connectivity index (χ2n) is 5.01. The molecule has 1 saturated carbocycles. The van der Waals surface area contributed by atoms with E-state index in [0.29, 0.717) is 12.5 Å². The van der Waals surface area contributed by atoms with Gasteiger partial charge in [-0.15, -0.1) is 0 Å². The number of aromatic amines is 1. The molecule has 18 heavy (non-hydrogen) atoms. The summed E-state index contributed by atoms with van der Waals surface area (Å²) < 4.78 is 0. The van der Waals surface area contributed by atoms with Gasteiger partial charge in [0, 0.05) is 30.9 Å². The second-order valence-corrected chi connectivity index (χ2v) is 5.01. The average molecular weight is 245 g/mol. The minimum absolute atomic E-state index is 0.151. The van der Waals surface area contributed by atoms with Crippen molar-refractivity contribution < 1.29 is 4.79 Å². The smallest absolute Gasteiger partial charge is 0.228 e. The van der Waals surface area contributed by atoms with Crippen LogP contribution in [-0.4, -0.2) is 28.9 Å². The van der Waals surface area contributed by atoms with Gasteiger partial charge < -0.3 is 9.88 Å². The van der Waals surface area contributed by atoms with Crippen LogP contribution in [0.5, 0.6) is 0 Å². The van der Waals surface area contributed by atoms with Crippen LogP contribution < -0.4 is 0 Å². The predicted octanol–water partition coefficient (Wildman–Crippen LogP) is 2.10. The molecule has 1 heterocycles. The number of nitrogens with one attached hydrogen (secondary N) is 1. The van der Waals surface area contributed by atoms with E-state index in [0.717, 1.165) is 31.4 Å². The Kier molecular flexibility index (Phi) is 4.03. The van der Waals surface area contributed by atoms with Crippen molar-refractivity contribution in [2.75, 3.05) is 7.05 Å². The van der Waals surface area contributed by atoms with E-state index in [4.69, 9.17) is 5.26 Å². The van der Waals surface area contributed by atoms with Crippen molar-refractivity contribution in [2.45, 2.75) is 38.1 Å². The highest BCUT2D eigenvalue weighted by atomic mass is 16.2. The maximum Gasteiger partial charge on any atom is 0.228 e. The Morgan fingerprint density at radius 3 is 2.78 bits per heavy atom. The first kappa shape index (κ1) is 12.7. The highest BCUT2D eigenvalue weighted by molar-refractivity contribution is 5.78. The van der Waals surface area contributed by atoms with Crippen LogP contribution in [0, 0.1) is 17.2 Å². The molecule has 4 nitrogen and oxygen atoms in total. The van der Waals surface area contributed by atoms with E-state index in [1.54, 1.807) is 0 Å². The van der Waals surface area contributed by atoms with Crippen LogP contribution in [0.1, 0.15) is 31.4 Å². The third-order valence-corrected chi connectivity index (χ3v) is 3.82. The molecule has 0 aromatic carbocycles. The number of hydrogen-bond acceptors (Lipinski definition) is 2. The standard InChI is InChI=1S/C14H19N3O/c1-17(13-6-4-11(10-15)5-7-13)14(18)9-12-3-2-8-16-12/h2-3,8,11,13,16H,4-7,9H2,1H3. The number of amides is 1. The number of aromatic nitrogens is 1. The number of carbonyl (C=O) groups excluding carboxylic acids is 1. The molecule has 0 aliphatic heterocycles. The maximum atomic E-state index is 12.1. The molecule has 0 radical (unpaired) electrons. The van der Waals surface area contributed by atoms with Crippen molar-refractivity contribution >= 4 is 5.91 Å². The lowest BCUT2D eigenvalue weighted by Gasteiger charge is -2.32. The van der Waals surface area contributed by atoms with E-state index < -0.39 is 0 Å². The number of H-pyrrole nitrogens is 1. The van der Waals surface area contributed by atoms with Crippen molar-refractivity contribution in [2.24, 2.45) is 5.92 Å². The molecule has 0 bridgehead atoms. The normalized spacial score (nSPS) is 23.3. The van der Waals surface area contributed by atoms with Crippen LogP contribution in [0.15, 0.2) is 18.3 Å². The summed E-state index contributed by atoms with van der Waals surface area (Å²) in [5, 5.41) is 8.86. The topological polar surface area (TPSA) is 59.9 Å². The molecule has 2 rings (SSSR count). The summed E-state index contributed by atoms with van der Waals surface area (Å²) in [6.07, 6.45) is 6.00. The Hall–Kier alpha value is -1.76. The van der Waals surface area contributed by atoms with E-state index >= 15 is 0 Å². The molecule has 1 aliphatic carbocycles. The Morgan fingerprint density at radius 1 is 1.50 bits per heavy atom. The Bertz CT molecular complexity index is 424. The largest absolute Gasteiger partial charge is 0.365 e. The summed E-state index contributed by atoms with van der Waals surface area (Å²) in [4.78, 5) is 17.0. The maximum absolute atomic E-state index is 12.1. The summed E-state index contributed by atoms with van der Waals surface area (Å²) in [5.41, 5.74) is 0.956. The van der Waals surface area contributed by atoms with Gasteiger partial charge in [0.25, 0.3) is 0 Å². The monoisotopic (exact) mass is 245 g/mol. The summed E-state index contributed by atoms with van der Waals surface area (Å²) in [7, 11) is 1.88. The lowest BCUT2D eigenvalue weighted by molar-refractivity contribution is -0.132. The lowest BCUT2D eigenvalue weighted by atomic mass is 9.86. The minimum atomic E-state index is 0.151. The van der Waals surface area contributed by atoms with Gasteiger partial charge in [0.15, 0.2) is 0 Å². The highest BCUT2D eigenvalue weighted by Gasteiger charge is 2.26. The second kappa shape index (κ2) is 5.72. The summed E-state index contributed by atoms with van der Waals surface area (Å²) in [6, 6.07) is 6.46. The third-order valence-electron chi connectivity index (χ3n) is 3.82. The number of carbonyl (C=O) groups is 1. The quantitative estimate of drug-likeness (QED) is 0.886. The summed E-state index contributed by atoms with van der Waals surface area (Å²) >= 11 is 0. The molecule has 0 unspecified atom stereocenters. The fourth-order valence-corrected chi connectivity index (χ4v) is 2.56.